The number of sulfonamides is 1. The topological polar surface area (TPSA) is 59.1 Å². The summed E-state index contributed by atoms with van der Waals surface area (Å²) in [5, 5.41) is 0.303. The molecule has 2 aromatic rings. The zero-order valence-corrected chi connectivity index (χ0v) is 13.4. The van der Waals surface area contributed by atoms with Crippen molar-refractivity contribution in [2.75, 3.05) is 4.72 Å². The normalized spacial score (nSPS) is 14.3. The zero-order valence-electron chi connectivity index (χ0n) is 10.2. The fourth-order valence-electron chi connectivity index (χ4n) is 2.10. The van der Waals surface area contributed by atoms with E-state index in [1.807, 2.05) is 0 Å². The Morgan fingerprint density at radius 1 is 1.35 bits per heavy atom. The van der Waals surface area contributed by atoms with Gasteiger partial charge in [-0.1, -0.05) is 15.9 Å². The molecular weight excluding hydrogens is 367 g/mol. The number of aromatic nitrogens is 1. The van der Waals surface area contributed by atoms with Gasteiger partial charge in [0.1, 0.15) is 10.7 Å². The van der Waals surface area contributed by atoms with Crippen LogP contribution in [0, 0.1) is 5.82 Å². The Morgan fingerprint density at radius 3 is 2.85 bits per heavy atom. The van der Waals surface area contributed by atoms with E-state index in [-0.39, 0.29) is 4.90 Å². The summed E-state index contributed by atoms with van der Waals surface area (Å²) in [7, 11) is -3.95. The number of aryl methyl sites for hydroxylation is 2. The molecule has 1 N–H and O–H groups in total. The van der Waals surface area contributed by atoms with Crippen molar-refractivity contribution in [1.29, 1.82) is 0 Å². The first-order valence-electron chi connectivity index (χ1n) is 5.92. The molecule has 1 aliphatic rings. The summed E-state index contributed by atoms with van der Waals surface area (Å²) in [5.41, 5.74) is 0.948. The molecule has 20 heavy (non-hydrogen) atoms. The van der Waals surface area contributed by atoms with E-state index in [9.17, 15) is 12.8 Å². The number of benzene rings is 1. The average Bonchev–Trinajstić information content (AvgIpc) is 2.87. The van der Waals surface area contributed by atoms with Gasteiger partial charge in [-0.15, -0.1) is 11.3 Å². The van der Waals surface area contributed by atoms with Crippen molar-refractivity contribution >= 4 is 42.4 Å². The maximum Gasteiger partial charge on any atom is 0.266 e. The Bertz CT molecular complexity index is 752. The molecule has 0 aliphatic heterocycles. The smallest absolute Gasteiger partial charge is 0.255 e. The molecule has 8 heteroatoms. The predicted octanol–water partition coefficient (Wildman–Crippen LogP) is 3.33. The largest absolute Gasteiger partial charge is 0.266 e. The molecule has 0 atom stereocenters. The Kier molecular flexibility index (Phi) is 3.55. The molecule has 3 rings (SSSR count). The lowest BCUT2D eigenvalue weighted by Crippen LogP contribution is -2.14. The molecular formula is C12H10BrFN2O2S2. The van der Waals surface area contributed by atoms with Gasteiger partial charge in [0.15, 0.2) is 5.13 Å². The minimum absolute atomic E-state index is 0.303. The Labute approximate surface area is 128 Å². The molecule has 1 aromatic carbocycles. The standard InChI is InChI=1S/C12H10BrFN2O2S2/c13-7-4-5-11(8(14)6-7)20(17,18)16-12-15-9-2-1-3-10(9)19-12/h4-6H,1-3H2,(H,15,16). The van der Waals surface area contributed by atoms with E-state index < -0.39 is 15.8 Å². The Balaban J connectivity index is 1.91. The van der Waals surface area contributed by atoms with Crippen LogP contribution in [0.3, 0.4) is 0 Å². The van der Waals surface area contributed by atoms with Gasteiger partial charge in [0, 0.05) is 9.35 Å². The molecule has 106 valence electrons. The molecule has 1 heterocycles. The van der Waals surface area contributed by atoms with Crippen LogP contribution in [-0.2, 0) is 22.9 Å². The molecule has 0 amide bonds. The molecule has 1 aliphatic carbocycles. The van der Waals surface area contributed by atoms with E-state index in [0.29, 0.717) is 9.60 Å². The van der Waals surface area contributed by atoms with Gasteiger partial charge in [-0.2, -0.15) is 0 Å². The van der Waals surface area contributed by atoms with Gasteiger partial charge in [0.2, 0.25) is 0 Å². The van der Waals surface area contributed by atoms with Crippen LogP contribution in [0.25, 0.3) is 0 Å². The average molecular weight is 377 g/mol. The van der Waals surface area contributed by atoms with Crippen molar-refractivity contribution in [3.8, 4) is 0 Å². The predicted molar refractivity (Wildman–Crippen MR) is 79.0 cm³/mol. The lowest BCUT2D eigenvalue weighted by Gasteiger charge is -2.06. The SMILES string of the molecule is O=S(=O)(Nc1nc2c(s1)CCC2)c1ccc(Br)cc1F. The highest BCUT2D eigenvalue weighted by atomic mass is 79.9. The van der Waals surface area contributed by atoms with Crippen LogP contribution in [0.1, 0.15) is 17.0 Å². The van der Waals surface area contributed by atoms with E-state index in [2.05, 4.69) is 25.6 Å². The number of hydrogen-bond acceptors (Lipinski definition) is 4. The van der Waals surface area contributed by atoms with Gasteiger partial charge in [0.05, 0.1) is 5.69 Å². The van der Waals surface area contributed by atoms with Gasteiger partial charge < -0.3 is 0 Å². The molecule has 0 spiro atoms. The molecule has 0 saturated carbocycles. The van der Waals surface area contributed by atoms with E-state index in [1.54, 1.807) is 0 Å². The second-order valence-electron chi connectivity index (χ2n) is 4.42. The summed E-state index contributed by atoms with van der Waals surface area (Å²) in [6.45, 7) is 0. The first kappa shape index (κ1) is 14.0. The first-order chi connectivity index (χ1) is 9.45. The molecule has 1 aromatic heterocycles. The Hall–Kier alpha value is -0.990. The number of fused-ring (bicyclic) bond motifs is 1. The summed E-state index contributed by atoms with van der Waals surface area (Å²) in [4.78, 5) is 4.98. The molecule has 0 radical (unpaired) electrons. The van der Waals surface area contributed by atoms with Crippen LogP contribution < -0.4 is 4.72 Å². The lowest BCUT2D eigenvalue weighted by molar-refractivity contribution is 0.570. The van der Waals surface area contributed by atoms with Crippen LogP contribution in [0.4, 0.5) is 9.52 Å². The van der Waals surface area contributed by atoms with Gasteiger partial charge in [-0.05, 0) is 37.5 Å². The maximum atomic E-state index is 13.7. The fourth-order valence-corrected chi connectivity index (χ4v) is 4.78. The van der Waals surface area contributed by atoms with E-state index in [4.69, 9.17) is 0 Å². The van der Waals surface area contributed by atoms with E-state index in [1.165, 1.54) is 23.5 Å². The molecule has 4 nitrogen and oxygen atoms in total. The second-order valence-corrected chi connectivity index (χ2v) is 8.07. The molecule has 0 unspecified atom stereocenters. The third-order valence-corrected chi connectivity index (χ3v) is 6.07. The summed E-state index contributed by atoms with van der Waals surface area (Å²) >= 11 is 4.41. The highest BCUT2D eigenvalue weighted by Crippen LogP contribution is 2.32. The Morgan fingerprint density at radius 2 is 2.15 bits per heavy atom. The number of hydrogen-bond donors (Lipinski definition) is 1. The van der Waals surface area contributed by atoms with Crippen molar-refractivity contribution in [2.24, 2.45) is 0 Å². The summed E-state index contributed by atoms with van der Waals surface area (Å²) in [6.07, 6.45) is 2.87. The van der Waals surface area contributed by atoms with Crippen molar-refractivity contribution in [1.82, 2.24) is 4.98 Å². The molecule has 0 bridgehead atoms. The molecule has 0 saturated heterocycles. The highest BCUT2D eigenvalue weighted by Gasteiger charge is 2.23. The van der Waals surface area contributed by atoms with Crippen LogP contribution >= 0.6 is 27.3 Å². The van der Waals surface area contributed by atoms with Gasteiger partial charge >= 0.3 is 0 Å². The number of nitrogens with zero attached hydrogens (tertiary/aromatic N) is 1. The van der Waals surface area contributed by atoms with Crippen molar-refractivity contribution in [3.05, 3.63) is 39.1 Å². The minimum Gasteiger partial charge on any atom is -0.255 e. The molecule has 0 fully saturated rings. The number of anilines is 1. The first-order valence-corrected chi connectivity index (χ1v) is 9.01. The van der Waals surface area contributed by atoms with E-state index in [0.717, 1.165) is 35.9 Å². The van der Waals surface area contributed by atoms with Crippen LogP contribution in [-0.4, -0.2) is 13.4 Å². The van der Waals surface area contributed by atoms with Crippen molar-refractivity contribution in [3.63, 3.8) is 0 Å². The minimum atomic E-state index is -3.95. The summed E-state index contributed by atoms with van der Waals surface area (Å²) < 4.78 is 40.9. The van der Waals surface area contributed by atoms with E-state index >= 15 is 0 Å². The quantitative estimate of drug-likeness (QED) is 0.893. The zero-order chi connectivity index (χ0) is 14.3. The number of nitrogens with one attached hydrogen (secondary N) is 1. The van der Waals surface area contributed by atoms with Gasteiger partial charge in [-0.25, -0.2) is 17.8 Å². The number of rotatable bonds is 3. The third-order valence-electron chi connectivity index (χ3n) is 3.00. The fraction of sp³-hybridized carbons (Fsp3) is 0.250. The summed E-state index contributed by atoms with van der Waals surface area (Å²) in [5.74, 6) is -0.795. The van der Waals surface area contributed by atoms with Crippen LogP contribution in [0.15, 0.2) is 27.6 Å². The van der Waals surface area contributed by atoms with Crippen LogP contribution in [0.5, 0.6) is 0 Å². The van der Waals surface area contributed by atoms with Crippen molar-refractivity contribution < 1.29 is 12.8 Å². The second kappa shape index (κ2) is 5.09. The van der Waals surface area contributed by atoms with Crippen LogP contribution in [0.2, 0.25) is 0 Å². The number of thiazole rings is 1. The third kappa shape index (κ3) is 2.59. The number of halogens is 2. The summed E-state index contributed by atoms with van der Waals surface area (Å²) in [6, 6.07) is 3.83. The lowest BCUT2D eigenvalue weighted by atomic mass is 10.3. The van der Waals surface area contributed by atoms with Gasteiger partial charge in [0.25, 0.3) is 10.0 Å². The van der Waals surface area contributed by atoms with Crippen molar-refractivity contribution in [2.45, 2.75) is 24.2 Å². The maximum absolute atomic E-state index is 13.7. The van der Waals surface area contributed by atoms with Gasteiger partial charge in [-0.3, -0.25) is 4.72 Å². The highest BCUT2D eigenvalue weighted by molar-refractivity contribution is 9.10. The monoisotopic (exact) mass is 376 g/mol.